The summed E-state index contributed by atoms with van der Waals surface area (Å²) in [5.41, 5.74) is 7.59. The van der Waals surface area contributed by atoms with Crippen molar-refractivity contribution in [1.82, 2.24) is 25.0 Å². The van der Waals surface area contributed by atoms with Crippen LogP contribution in [0, 0.1) is 13.8 Å². The van der Waals surface area contributed by atoms with E-state index in [2.05, 4.69) is 30.4 Å². The first-order chi connectivity index (χ1) is 9.10. The van der Waals surface area contributed by atoms with Crippen molar-refractivity contribution in [2.24, 2.45) is 0 Å². The Morgan fingerprint density at radius 2 is 2.00 bits per heavy atom. The van der Waals surface area contributed by atoms with E-state index in [1.807, 2.05) is 26.8 Å². The molecular formula is C11H14N6OS. The molecule has 100 valence electrons. The molecule has 0 aliphatic carbocycles. The summed E-state index contributed by atoms with van der Waals surface area (Å²) in [5.74, 6) is 0.0796. The first-order valence-corrected chi connectivity index (χ1v) is 6.57. The van der Waals surface area contributed by atoms with Crippen molar-refractivity contribution in [3.05, 3.63) is 28.0 Å². The Balaban J connectivity index is 2.04. The highest BCUT2D eigenvalue weighted by molar-refractivity contribution is 7.08. The van der Waals surface area contributed by atoms with Crippen LogP contribution in [0.2, 0.25) is 0 Å². The maximum absolute atomic E-state index is 11.9. The quantitative estimate of drug-likeness (QED) is 0.818. The fraction of sp³-hybridized carbons (Fsp3) is 0.364. The zero-order valence-corrected chi connectivity index (χ0v) is 11.7. The number of amides is 1. The van der Waals surface area contributed by atoms with Crippen molar-refractivity contribution < 1.29 is 4.79 Å². The lowest BCUT2D eigenvalue weighted by molar-refractivity contribution is 0.0965. The van der Waals surface area contributed by atoms with E-state index >= 15 is 0 Å². The lowest BCUT2D eigenvalue weighted by Crippen LogP contribution is -2.30. The summed E-state index contributed by atoms with van der Waals surface area (Å²) >= 11 is 1.07. The molecule has 0 saturated carbocycles. The molecule has 2 aromatic heterocycles. The van der Waals surface area contributed by atoms with Gasteiger partial charge in [0.15, 0.2) is 0 Å². The molecule has 0 fully saturated rings. The highest BCUT2D eigenvalue weighted by Gasteiger charge is 2.14. The minimum absolute atomic E-state index is 0.283. The Morgan fingerprint density at radius 1 is 1.32 bits per heavy atom. The predicted octanol–water partition coefficient (Wildman–Crippen LogP) is 1.26. The van der Waals surface area contributed by atoms with Crippen LogP contribution in [0.3, 0.4) is 0 Å². The smallest absolute Gasteiger partial charge is 0.266 e. The fourth-order valence-electron chi connectivity index (χ4n) is 1.56. The zero-order valence-electron chi connectivity index (χ0n) is 10.9. The summed E-state index contributed by atoms with van der Waals surface area (Å²) < 4.78 is 3.77. The lowest BCUT2D eigenvalue weighted by Gasteiger charge is -2.07. The van der Waals surface area contributed by atoms with Crippen molar-refractivity contribution in [3.8, 4) is 0 Å². The number of hydrazine groups is 1. The van der Waals surface area contributed by atoms with Gasteiger partial charge in [0.2, 0.25) is 5.95 Å². The Morgan fingerprint density at radius 3 is 2.63 bits per heavy atom. The van der Waals surface area contributed by atoms with Gasteiger partial charge in [0.05, 0.1) is 5.69 Å². The van der Waals surface area contributed by atoms with E-state index in [-0.39, 0.29) is 5.91 Å². The molecule has 2 rings (SSSR count). The van der Waals surface area contributed by atoms with E-state index in [1.54, 1.807) is 0 Å². The van der Waals surface area contributed by atoms with Crippen LogP contribution in [0.15, 0.2) is 6.07 Å². The molecule has 0 radical (unpaired) electrons. The minimum Gasteiger partial charge on any atom is -0.266 e. The van der Waals surface area contributed by atoms with Gasteiger partial charge >= 0.3 is 0 Å². The second-order valence-corrected chi connectivity index (χ2v) is 4.71. The van der Waals surface area contributed by atoms with Crippen molar-refractivity contribution in [1.29, 1.82) is 0 Å². The number of nitrogens with one attached hydrogen (secondary N) is 2. The number of anilines is 1. The average molecular weight is 278 g/mol. The summed E-state index contributed by atoms with van der Waals surface area (Å²) in [4.78, 5) is 20.8. The van der Waals surface area contributed by atoms with Gasteiger partial charge in [0.25, 0.3) is 5.91 Å². The largest absolute Gasteiger partial charge is 0.283 e. The second-order valence-electron chi connectivity index (χ2n) is 3.96. The summed E-state index contributed by atoms with van der Waals surface area (Å²) in [6.45, 7) is 5.65. The number of aromatic nitrogens is 4. The van der Waals surface area contributed by atoms with E-state index in [9.17, 15) is 4.79 Å². The van der Waals surface area contributed by atoms with Crippen LogP contribution in [-0.2, 0) is 6.42 Å². The van der Waals surface area contributed by atoms with Crippen molar-refractivity contribution >= 4 is 23.4 Å². The van der Waals surface area contributed by atoms with Crippen LogP contribution in [0.25, 0.3) is 0 Å². The van der Waals surface area contributed by atoms with Crippen LogP contribution in [0.1, 0.15) is 33.7 Å². The fourth-order valence-corrected chi connectivity index (χ4v) is 2.21. The molecule has 0 saturated heterocycles. The number of hydrogen-bond acceptors (Lipinski definition) is 7. The molecule has 0 atom stereocenters. The van der Waals surface area contributed by atoms with E-state index in [0.717, 1.165) is 22.9 Å². The van der Waals surface area contributed by atoms with Crippen molar-refractivity contribution in [3.63, 3.8) is 0 Å². The second kappa shape index (κ2) is 5.70. The third-order valence-corrected chi connectivity index (χ3v) is 3.13. The average Bonchev–Trinajstić information content (AvgIpc) is 2.83. The molecule has 0 aliphatic heterocycles. The monoisotopic (exact) mass is 278 g/mol. The van der Waals surface area contributed by atoms with Crippen LogP contribution in [-0.4, -0.2) is 25.5 Å². The number of nitrogens with zero attached hydrogens (tertiary/aromatic N) is 4. The van der Waals surface area contributed by atoms with Crippen molar-refractivity contribution in [2.75, 3.05) is 5.43 Å². The van der Waals surface area contributed by atoms with Gasteiger partial charge in [-0.15, -0.1) is 5.10 Å². The highest BCUT2D eigenvalue weighted by Crippen LogP contribution is 2.10. The predicted molar refractivity (Wildman–Crippen MR) is 71.9 cm³/mol. The molecule has 2 N–H and O–H groups in total. The number of carbonyl (C=O) groups is 1. The number of rotatable bonds is 4. The van der Waals surface area contributed by atoms with Crippen LogP contribution in [0.5, 0.6) is 0 Å². The number of hydrogen-bond donors (Lipinski definition) is 2. The Hall–Kier alpha value is -2.09. The third-order valence-electron chi connectivity index (χ3n) is 2.37. The molecule has 0 aromatic carbocycles. The molecule has 0 bridgehead atoms. The van der Waals surface area contributed by atoms with Gasteiger partial charge in [-0.05, 0) is 37.9 Å². The third kappa shape index (κ3) is 3.22. The van der Waals surface area contributed by atoms with Gasteiger partial charge in [0.1, 0.15) is 4.88 Å². The molecule has 0 unspecified atom stereocenters. The highest BCUT2D eigenvalue weighted by atomic mass is 32.1. The van der Waals surface area contributed by atoms with Crippen molar-refractivity contribution in [2.45, 2.75) is 27.2 Å². The zero-order chi connectivity index (χ0) is 13.8. The lowest BCUT2D eigenvalue weighted by atomic mass is 10.3. The summed E-state index contributed by atoms with van der Waals surface area (Å²) in [5, 5.41) is 3.89. The minimum atomic E-state index is -0.283. The molecule has 1 amide bonds. The molecular weight excluding hydrogens is 264 g/mol. The van der Waals surface area contributed by atoms with Gasteiger partial charge < -0.3 is 0 Å². The van der Waals surface area contributed by atoms with E-state index in [4.69, 9.17) is 0 Å². The first-order valence-electron chi connectivity index (χ1n) is 5.80. The molecule has 2 aromatic rings. The van der Waals surface area contributed by atoms with Crippen LogP contribution >= 0.6 is 11.5 Å². The van der Waals surface area contributed by atoms with E-state index in [1.165, 1.54) is 0 Å². The van der Waals surface area contributed by atoms with Gasteiger partial charge in [-0.1, -0.05) is 11.4 Å². The van der Waals surface area contributed by atoms with Crippen LogP contribution < -0.4 is 10.9 Å². The van der Waals surface area contributed by atoms with E-state index in [0.29, 0.717) is 22.9 Å². The molecule has 2 heterocycles. The van der Waals surface area contributed by atoms with Gasteiger partial charge in [-0.2, -0.15) is 0 Å². The molecule has 0 spiro atoms. The maximum atomic E-state index is 11.9. The maximum Gasteiger partial charge on any atom is 0.283 e. The molecule has 8 heteroatoms. The number of carbonyl (C=O) groups excluding carboxylic acids is 1. The number of aryl methyl sites for hydroxylation is 3. The first kappa shape index (κ1) is 13.3. The summed E-state index contributed by atoms with van der Waals surface area (Å²) in [7, 11) is 0. The topological polar surface area (TPSA) is 92.7 Å². The SMILES string of the molecule is CCc1nnsc1C(=O)NNc1nc(C)cc(C)n1. The molecule has 0 aliphatic rings. The normalized spacial score (nSPS) is 10.3. The summed E-state index contributed by atoms with van der Waals surface area (Å²) in [6, 6.07) is 1.86. The molecule has 19 heavy (non-hydrogen) atoms. The molecule has 7 nitrogen and oxygen atoms in total. The Kier molecular flexibility index (Phi) is 4.00. The standard InChI is InChI=1S/C11H14N6OS/c1-4-8-9(19-17-14-8)10(18)15-16-11-12-6(2)5-7(3)13-11/h5H,4H2,1-3H3,(H,15,18)(H,12,13,16). The van der Waals surface area contributed by atoms with E-state index < -0.39 is 0 Å². The summed E-state index contributed by atoms with van der Waals surface area (Å²) in [6.07, 6.45) is 0.666. The Labute approximate surface area is 114 Å². The van der Waals surface area contributed by atoms with Gasteiger partial charge in [0, 0.05) is 11.4 Å². The Bertz CT molecular complexity index is 576. The van der Waals surface area contributed by atoms with Crippen LogP contribution in [0.4, 0.5) is 5.95 Å². The van der Waals surface area contributed by atoms with Gasteiger partial charge in [-0.25, -0.2) is 9.97 Å². The van der Waals surface area contributed by atoms with Gasteiger partial charge in [-0.3, -0.25) is 15.6 Å².